The van der Waals surface area contributed by atoms with Crippen molar-refractivity contribution < 1.29 is 0 Å². The summed E-state index contributed by atoms with van der Waals surface area (Å²) in [5.41, 5.74) is 0. The van der Waals surface area contributed by atoms with Crippen LogP contribution >= 0.6 is 0 Å². The summed E-state index contributed by atoms with van der Waals surface area (Å²) in [7, 11) is 6.06. The van der Waals surface area contributed by atoms with Crippen LogP contribution < -0.4 is 9.80 Å². The van der Waals surface area contributed by atoms with Gasteiger partial charge in [-0.1, -0.05) is 0 Å². The van der Waals surface area contributed by atoms with Crippen LogP contribution in [0.4, 0.5) is 11.8 Å². The first-order chi connectivity index (χ1) is 11.6. The SMILES string of the molecule is CN(C)c1nccc(N(C)C2CCN(CCn3nccn3)CC2)n1. The van der Waals surface area contributed by atoms with Gasteiger partial charge in [-0.3, -0.25) is 0 Å². The van der Waals surface area contributed by atoms with Gasteiger partial charge < -0.3 is 14.7 Å². The molecule has 3 rings (SSSR count). The van der Waals surface area contributed by atoms with Crippen molar-refractivity contribution in [2.24, 2.45) is 0 Å². The van der Waals surface area contributed by atoms with Gasteiger partial charge in [0.25, 0.3) is 0 Å². The van der Waals surface area contributed by atoms with Crippen LogP contribution in [0.5, 0.6) is 0 Å². The van der Waals surface area contributed by atoms with E-state index in [1.54, 1.807) is 17.2 Å². The number of rotatable bonds is 6. The summed E-state index contributed by atoms with van der Waals surface area (Å²) < 4.78 is 0. The molecular weight excluding hydrogens is 304 g/mol. The van der Waals surface area contributed by atoms with Crippen LogP contribution in [0.2, 0.25) is 0 Å². The Morgan fingerprint density at radius 2 is 1.75 bits per heavy atom. The molecule has 0 unspecified atom stereocenters. The van der Waals surface area contributed by atoms with Gasteiger partial charge in [-0.05, 0) is 18.9 Å². The predicted molar refractivity (Wildman–Crippen MR) is 94.2 cm³/mol. The lowest BCUT2D eigenvalue weighted by Crippen LogP contribution is -2.44. The van der Waals surface area contributed by atoms with Gasteiger partial charge in [-0.2, -0.15) is 20.0 Å². The molecule has 0 aromatic carbocycles. The van der Waals surface area contributed by atoms with E-state index in [0.717, 1.165) is 50.8 Å². The first kappa shape index (κ1) is 16.6. The molecule has 0 N–H and O–H groups in total. The van der Waals surface area contributed by atoms with Crippen LogP contribution in [0.1, 0.15) is 12.8 Å². The van der Waals surface area contributed by atoms with Crippen molar-refractivity contribution in [3.8, 4) is 0 Å². The number of piperidine rings is 1. The highest BCUT2D eigenvalue weighted by molar-refractivity contribution is 5.43. The van der Waals surface area contributed by atoms with Gasteiger partial charge in [0, 0.05) is 53.0 Å². The lowest BCUT2D eigenvalue weighted by Gasteiger charge is -2.37. The van der Waals surface area contributed by atoms with E-state index in [4.69, 9.17) is 0 Å². The summed E-state index contributed by atoms with van der Waals surface area (Å²) in [6.45, 7) is 4.05. The molecule has 0 amide bonds. The number of aromatic nitrogens is 5. The van der Waals surface area contributed by atoms with E-state index in [1.165, 1.54) is 0 Å². The highest BCUT2D eigenvalue weighted by Crippen LogP contribution is 2.21. The van der Waals surface area contributed by atoms with Gasteiger partial charge in [0.2, 0.25) is 5.95 Å². The van der Waals surface area contributed by atoms with Crippen LogP contribution in [0, 0.1) is 0 Å². The van der Waals surface area contributed by atoms with E-state index in [2.05, 4.69) is 37.0 Å². The van der Waals surface area contributed by atoms with Gasteiger partial charge >= 0.3 is 0 Å². The summed E-state index contributed by atoms with van der Waals surface area (Å²) in [5, 5.41) is 8.32. The Morgan fingerprint density at radius 1 is 1.04 bits per heavy atom. The van der Waals surface area contributed by atoms with E-state index >= 15 is 0 Å². The summed E-state index contributed by atoms with van der Waals surface area (Å²) in [4.78, 5) is 17.4. The highest BCUT2D eigenvalue weighted by atomic mass is 15.5. The molecule has 0 atom stereocenters. The number of hydrogen-bond donors (Lipinski definition) is 0. The van der Waals surface area contributed by atoms with Crippen LogP contribution in [0.3, 0.4) is 0 Å². The average Bonchev–Trinajstić information content (AvgIpc) is 3.13. The van der Waals surface area contributed by atoms with Crippen LogP contribution in [0.15, 0.2) is 24.7 Å². The molecule has 1 saturated heterocycles. The molecule has 2 aromatic rings. The van der Waals surface area contributed by atoms with Crippen LogP contribution in [-0.4, -0.2) is 76.7 Å². The second kappa shape index (κ2) is 7.57. The summed E-state index contributed by atoms with van der Waals surface area (Å²) >= 11 is 0. The molecule has 8 heteroatoms. The molecule has 1 aliphatic rings. The van der Waals surface area contributed by atoms with Crippen molar-refractivity contribution in [3.63, 3.8) is 0 Å². The zero-order valence-corrected chi connectivity index (χ0v) is 14.7. The Labute approximate surface area is 143 Å². The van der Waals surface area contributed by atoms with Gasteiger partial charge in [0.05, 0.1) is 18.9 Å². The molecule has 0 bridgehead atoms. The molecule has 0 saturated carbocycles. The third-order valence-electron chi connectivity index (χ3n) is 4.58. The number of likely N-dealkylation sites (tertiary alicyclic amines) is 1. The number of anilines is 2. The van der Waals surface area contributed by atoms with Crippen molar-refractivity contribution in [2.75, 3.05) is 50.6 Å². The molecule has 1 fully saturated rings. The molecule has 0 spiro atoms. The molecular formula is C16H26N8. The van der Waals surface area contributed by atoms with Crippen molar-refractivity contribution >= 4 is 11.8 Å². The zero-order chi connectivity index (χ0) is 16.9. The van der Waals surface area contributed by atoms with Crippen LogP contribution in [-0.2, 0) is 6.54 Å². The second-order valence-corrected chi connectivity index (χ2v) is 6.42. The molecule has 130 valence electrons. The zero-order valence-electron chi connectivity index (χ0n) is 14.7. The largest absolute Gasteiger partial charge is 0.356 e. The fourth-order valence-corrected chi connectivity index (χ4v) is 3.06. The molecule has 1 aliphatic heterocycles. The lowest BCUT2D eigenvalue weighted by molar-refractivity contribution is 0.198. The normalized spacial score (nSPS) is 16.3. The number of hydrogen-bond acceptors (Lipinski definition) is 7. The van der Waals surface area contributed by atoms with E-state index < -0.39 is 0 Å². The minimum atomic E-state index is 0.522. The van der Waals surface area contributed by atoms with Gasteiger partial charge in [-0.25, -0.2) is 4.98 Å². The van der Waals surface area contributed by atoms with E-state index in [0.29, 0.717) is 6.04 Å². The first-order valence-electron chi connectivity index (χ1n) is 8.43. The molecule has 2 aromatic heterocycles. The molecule has 3 heterocycles. The topological polar surface area (TPSA) is 66.2 Å². The minimum absolute atomic E-state index is 0.522. The number of nitrogens with zero attached hydrogens (tertiary/aromatic N) is 8. The fraction of sp³-hybridized carbons (Fsp3) is 0.625. The highest BCUT2D eigenvalue weighted by Gasteiger charge is 2.23. The molecule has 8 nitrogen and oxygen atoms in total. The molecule has 0 radical (unpaired) electrons. The quantitative estimate of drug-likeness (QED) is 0.774. The smallest absolute Gasteiger partial charge is 0.226 e. The maximum atomic E-state index is 4.64. The Bertz CT molecular complexity index is 619. The van der Waals surface area contributed by atoms with Gasteiger partial charge in [0.15, 0.2) is 0 Å². The predicted octanol–water partition coefficient (Wildman–Crippen LogP) is 0.735. The summed E-state index contributed by atoms with van der Waals surface area (Å²) in [6.07, 6.45) is 7.57. The van der Waals surface area contributed by atoms with Gasteiger partial charge in [-0.15, -0.1) is 0 Å². The Kier molecular flexibility index (Phi) is 5.24. The maximum absolute atomic E-state index is 4.64. The van der Waals surface area contributed by atoms with Crippen molar-refractivity contribution in [1.29, 1.82) is 0 Å². The fourth-order valence-electron chi connectivity index (χ4n) is 3.06. The van der Waals surface area contributed by atoms with Crippen molar-refractivity contribution in [1.82, 2.24) is 29.9 Å². The average molecular weight is 330 g/mol. The van der Waals surface area contributed by atoms with Crippen molar-refractivity contribution in [2.45, 2.75) is 25.4 Å². The van der Waals surface area contributed by atoms with E-state index in [-0.39, 0.29) is 0 Å². The van der Waals surface area contributed by atoms with Gasteiger partial charge in [0.1, 0.15) is 5.82 Å². The Balaban J connectivity index is 1.51. The minimum Gasteiger partial charge on any atom is -0.356 e. The Hall–Kier alpha value is -2.22. The third-order valence-corrected chi connectivity index (χ3v) is 4.58. The monoisotopic (exact) mass is 330 g/mol. The summed E-state index contributed by atoms with van der Waals surface area (Å²) in [5.74, 6) is 1.75. The molecule has 0 aliphatic carbocycles. The standard InChI is InChI=1S/C16H26N8/c1-21(2)16-17-7-4-15(20-16)22(3)14-5-10-23(11-6-14)12-13-24-18-8-9-19-24/h4,7-9,14H,5-6,10-13H2,1-3H3. The van der Waals surface area contributed by atoms with Crippen molar-refractivity contribution in [3.05, 3.63) is 24.7 Å². The summed E-state index contributed by atoms with van der Waals surface area (Å²) in [6, 6.07) is 2.51. The molecule has 24 heavy (non-hydrogen) atoms. The maximum Gasteiger partial charge on any atom is 0.226 e. The second-order valence-electron chi connectivity index (χ2n) is 6.42. The lowest BCUT2D eigenvalue weighted by atomic mass is 10.0. The van der Waals surface area contributed by atoms with E-state index in [9.17, 15) is 0 Å². The third kappa shape index (κ3) is 4.00. The first-order valence-corrected chi connectivity index (χ1v) is 8.43. The Morgan fingerprint density at radius 3 is 2.42 bits per heavy atom. The van der Waals surface area contributed by atoms with Crippen LogP contribution in [0.25, 0.3) is 0 Å². The van der Waals surface area contributed by atoms with E-state index in [1.807, 2.05) is 31.3 Å².